The molecular formula is C21H31N4O+. The standard InChI is InChI=1S/C21H30N4O/c1-3-25(4-2)20-10-8-18(9-11-20)16-19(17-22)21(26)23-12-15-24-13-6-5-7-14-24/h8-11,16H,3-7,12-15H2,1-2H3,(H,23,26)/p+1/b19-16-. The van der Waals surface area contributed by atoms with Crippen LogP contribution in [0.2, 0.25) is 0 Å². The summed E-state index contributed by atoms with van der Waals surface area (Å²) in [4.78, 5) is 16.1. The summed E-state index contributed by atoms with van der Waals surface area (Å²) >= 11 is 0. The highest BCUT2D eigenvalue weighted by Crippen LogP contribution is 2.16. The molecule has 1 amide bonds. The first kappa shape index (κ1) is 20.0. The summed E-state index contributed by atoms with van der Waals surface area (Å²) < 4.78 is 0. The number of amides is 1. The van der Waals surface area contributed by atoms with Crippen molar-refractivity contribution in [2.75, 3.05) is 44.2 Å². The maximum absolute atomic E-state index is 12.3. The molecule has 0 unspecified atom stereocenters. The monoisotopic (exact) mass is 355 g/mol. The van der Waals surface area contributed by atoms with Crippen molar-refractivity contribution in [2.24, 2.45) is 0 Å². The molecule has 0 atom stereocenters. The minimum atomic E-state index is -0.281. The molecule has 1 aliphatic rings. The third-order valence-electron chi connectivity index (χ3n) is 5.02. The first-order chi connectivity index (χ1) is 12.7. The molecule has 1 saturated heterocycles. The Hall–Kier alpha value is -2.32. The maximum atomic E-state index is 12.3. The van der Waals surface area contributed by atoms with E-state index in [9.17, 15) is 10.1 Å². The van der Waals surface area contributed by atoms with Crippen LogP contribution in [-0.4, -0.2) is 45.2 Å². The summed E-state index contributed by atoms with van der Waals surface area (Å²) in [6.45, 7) is 10.1. The molecule has 1 aromatic rings. The van der Waals surface area contributed by atoms with Crippen LogP contribution in [0.15, 0.2) is 29.8 Å². The van der Waals surface area contributed by atoms with Crippen molar-refractivity contribution in [3.05, 3.63) is 35.4 Å². The van der Waals surface area contributed by atoms with Crippen LogP contribution in [-0.2, 0) is 4.79 Å². The van der Waals surface area contributed by atoms with Crippen LogP contribution in [0, 0.1) is 11.3 Å². The molecule has 1 aliphatic heterocycles. The SMILES string of the molecule is CCN(CC)c1ccc(/C=C(/C#N)C(=O)NCC[NH+]2CCCCC2)cc1. The van der Waals surface area contributed by atoms with E-state index >= 15 is 0 Å². The first-order valence-electron chi connectivity index (χ1n) is 9.76. The van der Waals surface area contributed by atoms with Gasteiger partial charge in [0.15, 0.2) is 0 Å². The molecule has 2 rings (SSSR count). The molecule has 1 fully saturated rings. The lowest BCUT2D eigenvalue weighted by Gasteiger charge is -2.23. The predicted octanol–water partition coefficient (Wildman–Crippen LogP) is 1.62. The van der Waals surface area contributed by atoms with E-state index in [1.165, 1.54) is 32.4 Å². The highest BCUT2D eigenvalue weighted by atomic mass is 16.1. The number of nitriles is 1. The number of hydrogen-bond donors (Lipinski definition) is 2. The van der Waals surface area contributed by atoms with Crippen LogP contribution in [0.4, 0.5) is 5.69 Å². The smallest absolute Gasteiger partial charge is 0.262 e. The van der Waals surface area contributed by atoms with Gasteiger partial charge in [-0.05, 0) is 56.9 Å². The molecule has 0 spiro atoms. The first-order valence-corrected chi connectivity index (χ1v) is 9.76. The molecule has 140 valence electrons. The third kappa shape index (κ3) is 5.89. The second-order valence-electron chi connectivity index (χ2n) is 6.75. The van der Waals surface area contributed by atoms with Crippen molar-refractivity contribution >= 4 is 17.7 Å². The molecule has 5 nitrogen and oxygen atoms in total. The van der Waals surface area contributed by atoms with E-state index in [1.807, 2.05) is 30.3 Å². The van der Waals surface area contributed by atoms with E-state index in [0.29, 0.717) is 6.54 Å². The van der Waals surface area contributed by atoms with Gasteiger partial charge in [-0.3, -0.25) is 4.79 Å². The Morgan fingerprint density at radius 1 is 1.19 bits per heavy atom. The number of hydrogen-bond acceptors (Lipinski definition) is 3. The summed E-state index contributed by atoms with van der Waals surface area (Å²) in [6.07, 6.45) is 5.53. The van der Waals surface area contributed by atoms with Crippen LogP contribution in [0.3, 0.4) is 0 Å². The number of carbonyl (C=O) groups excluding carboxylic acids is 1. The van der Waals surface area contributed by atoms with Gasteiger partial charge in [-0.1, -0.05) is 12.1 Å². The number of carbonyl (C=O) groups is 1. The Labute approximate surface area is 157 Å². The summed E-state index contributed by atoms with van der Waals surface area (Å²) in [5.74, 6) is -0.281. The van der Waals surface area contributed by atoms with E-state index in [2.05, 4.69) is 24.1 Å². The van der Waals surface area contributed by atoms with Crippen molar-refractivity contribution in [3.8, 4) is 6.07 Å². The van der Waals surface area contributed by atoms with Crippen molar-refractivity contribution in [1.29, 1.82) is 5.26 Å². The predicted molar refractivity (Wildman–Crippen MR) is 106 cm³/mol. The van der Waals surface area contributed by atoms with Gasteiger partial charge in [0.25, 0.3) is 5.91 Å². The zero-order valence-corrected chi connectivity index (χ0v) is 16.1. The quantitative estimate of drug-likeness (QED) is 0.550. The Kier molecular flexibility index (Phi) is 8.17. The number of nitrogens with one attached hydrogen (secondary N) is 2. The van der Waals surface area contributed by atoms with E-state index in [4.69, 9.17) is 0 Å². The second kappa shape index (κ2) is 10.6. The van der Waals surface area contributed by atoms with Crippen molar-refractivity contribution in [2.45, 2.75) is 33.1 Å². The van der Waals surface area contributed by atoms with Crippen molar-refractivity contribution in [1.82, 2.24) is 5.32 Å². The summed E-state index contributed by atoms with van der Waals surface area (Å²) in [6, 6.07) is 10.0. The normalized spacial score (nSPS) is 15.3. The molecule has 1 aromatic carbocycles. The molecule has 0 saturated carbocycles. The molecule has 0 bridgehead atoms. The molecule has 2 N–H and O–H groups in total. The lowest BCUT2D eigenvalue weighted by molar-refractivity contribution is -0.903. The Bertz CT molecular complexity index is 635. The summed E-state index contributed by atoms with van der Waals surface area (Å²) in [5, 5.41) is 12.2. The average Bonchev–Trinajstić information content (AvgIpc) is 2.69. The number of anilines is 1. The van der Waals surface area contributed by atoms with Gasteiger partial charge in [-0.2, -0.15) is 5.26 Å². The average molecular weight is 356 g/mol. The van der Waals surface area contributed by atoms with Crippen molar-refractivity contribution < 1.29 is 9.69 Å². The van der Waals surface area contributed by atoms with Crippen LogP contribution < -0.4 is 15.1 Å². The van der Waals surface area contributed by atoms with Crippen LogP contribution in [0.25, 0.3) is 6.08 Å². The highest BCUT2D eigenvalue weighted by Gasteiger charge is 2.14. The zero-order valence-electron chi connectivity index (χ0n) is 16.1. The fourth-order valence-electron chi connectivity index (χ4n) is 3.44. The number of nitrogens with zero attached hydrogens (tertiary/aromatic N) is 2. The second-order valence-corrected chi connectivity index (χ2v) is 6.75. The van der Waals surface area contributed by atoms with Crippen LogP contribution >= 0.6 is 0 Å². The summed E-state index contributed by atoms with van der Waals surface area (Å²) in [5.41, 5.74) is 2.18. The van der Waals surface area contributed by atoms with Crippen molar-refractivity contribution in [3.63, 3.8) is 0 Å². The highest BCUT2D eigenvalue weighted by molar-refractivity contribution is 6.01. The topological polar surface area (TPSA) is 60.6 Å². The van der Waals surface area contributed by atoms with Gasteiger partial charge in [-0.25, -0.2) is 0 Å². The van der Waals surface area contributed by atoms with Gasteiger partial charge in [-0.15, -0.1) is 0 Å². The Balaban J connectivity index is 1.91. The molecule has 0 aromatic heterocycles. The molecule has 1 heterocycles. The number of piperidine rings is 1. The number of benzene rings is 1. The van der Waals surface area contributed by atoms with Crippen LogP contribution in [0.5, 0.6) is 0 Å². The zero-order chi connectivity index (χ0) is 18.8. The van der Waals surface area contributed by atoms with Crippen LogP contribution in [0.1, 0.15) is 38.7 Å². The molecule has 0 aliphatic carbocycles. The number of rotatable bonds is 8. The van der Waals surface area contributed by atoms with E-state index < -0.39 is 0 Å². The summed E-state index contributed by atoms with van der Waals surface area (Å²) in [7, 11) is 0. The van der Waals surface area contributed by atoms with E-state index in [1.54, 1.807) is 11.0 Å². The van der Waals surface area contributed by atoms with Gasteiger partial charge < -0.3 is 15.1 Å². The minimum Gasteiger partial charge on any atom is -0.372 e. The largest absolute Gasteiger partial charge is 0.372 e. The van der Waals surface area contributed by atoms with E-state index in [-0.39, 0.29) is 11.5 Å². The molecule has 26 heavy (non-hydrogen) atoms. The Morgan fingerprint density at radius 2 is 1.85 bits per heavy atom. The van der Waals surface area contributed by atoms with Gasteiger partial charge in [0, 0.05) is 18.8 Å². The third-order valence-corrected chi connectivity index (χ3v) is 5.02. The van der Waals surface area contributed by atoms with E-state index in [0.717, 1.165) is 30.9 Å². The van der Waals surface area contributed by atoms with Gasteiger partial charge in [0.2, 0.25) is 0 Å². The van der Waals surface area contributed by atoms with Gasteiger partial charge >= 0.3 is 0 Å². The van der Waals surface area contributed by atoms with Gasteiger partial charge in [0.05, 0.1) is 26.2 Å². The number of quaternary nitrogens is 1. The fraction of sp³-hybridized carbons (Fsp3) is 0.524. The number of likely N-dealkylation sites (tertiary alicyclic amines) is 1. The Morgan fingerprint density at radius 3 is 2.42 bits per heavy atom. The lowest BCUT2D eigenvalue weighted by Crippen LogP contribution is -3.13. The van der Waals surface area contributed by atoms with Gasteiger partial charge in [0.1, 0.15) is 11.6 Å². The fourth-order valence-corrected chi connectivity index (χ4v) is 3.44. The molecule has 5 heteroatoms. The lowest BCUT2D eigenvalue weighted by atomic mass is 10.1. The molecule has 0 radical (unpaired) electrons. The maximum Gasteiger partial charge on any atom is 0.262 e. The molecular weight excluding hydrogens is 324 g/mol. The minimum absolute atomic E-state index is 0.161.